The summed E-state index contributed by atoms with van der Waals surface area (Å²) >= 11 is 4.24. The molecule has 0 aliphatic heterocycles. The summed E-state index contributed by atoms with van der Waals surface area (Å²) in [4.78, 5) is 4.90. The van der Waals surface area contributed by atoms with E-state index in [0.29, 0.717) is 18.3 Å². The molecule has 4 heteroatoms. The maximum absolute atomic E-state index is 5.33. The second kappa shape index (κ2) is 3.30. The fourth-order valence-electron chi connectivity index (χ4n) is 1.10. The van der Waals surface area contributed by atoms with Crippen molar-refractivity contribution in [3.05, 3.63) is 18.2 Å². The summed E-state index contributed by atoms with van der Waals surface area (Å²) in [7, 11) is 0. The normalized spacial score (nSPS) is 10.6. The lowest BCUT2D eigenvalue weighted by Crippen LogP contribution is -1.89. The summed E-state index contributed by atoms with van der Waals surface area (Å²) in [5, 5.41) is 0. The van der Waals surface area contributed by atoms with Gasteiger partial charge in [0.25, 0.3) is 0 Å². The maximum atomic E-state index is 5.33. The first-order valence-electron chi connectivity index (χ1n) is 4.02. The number of aromatic nitrogens is 1. The number of para-hydroxylation sites is 1. The Kier molecular flexibility index (Phi) is 2.14. The molecule has 0 spiro atoms. The minimum Gasteiger partial charge on any atom is -0.450 e. The van der Waals surface area contributed by atoms with Crippen molar-refractivity contribution in [1.29, 1.82) is 0 Å². The molecule has 2 aromatic rings. The first-order valence-corrected chi connectivity index (χ1v) is 4.47. The Morgan fingerprint density at radius 1 is 1.54 bits per heavy atom. The lowest BCUT2D eigenvalue weighted by Gasteiger charge is -1.92. The molecule has 0 fully saturated rings. The molecule has 68 valence electrons. The Morgan fingerprint density at radius 3 is 3.08 bits per heavy atom. The molecule has 3 nitrogen and oxygen atoms in total. The van der Waals surface area contributed by atoms with E-state index in [1.165, 1.54) is 0 Å². The number of rotatable bonds is 2. The number of nitrogens with zero attached hydrogens (tertiary/aromatic N) is 1. The first-order chi connectivity index (χ1) is 6.31. The summed E-state index contributed by atoms with van der Waals surface area (Å²) in [6.07, 6.45) is 0.305. The van der Waals surface area contributed by atoms with Gasteiger partial charge in [-0.3, -0.25) is 0 Å². The van der Waals surface area contributed by atoms with Gasteiger partial charge in [0.05, 0.1) is 6.61 Å². The lowest BCUT2D eigenvalue weighted by atomic mass is 10.3. The number of thiol groups is 1. The van der Waals surface area contributed by atoms with Crippen molar-refractivity contribution in [3.8, 4) is 6.08 Å². The van der Waals surface area contributed by atoms with E-state index in [-0.39, 0.29) is 0 Å². The van der Waals surface area contributed by atoms with Crippen LogP contribution in [0.4, 0.5) is 0 Å². The van der Waals surface area contributed by atoms with Crippen molar-refractivity contribution in [1.82, 2.24) is 4.98 Å². The molecule has 13 heavy (non-hydrogen) atoms. The predicted molar refractivity (Wildman–Crippen MR) is 52.4 cm³/mol. The van der Waals surface area contributed by atoms with Crippen molar-refractivity contribution in [3.63, 3.8) is 0 Å². The quantitative estimate of drug-likeness (QED) is 0.748. The maximum Gasteiger partial charge on any atom is 0.394 e. The summed E-state index contributed by atoms with van der Waals surface area (Å²) in [5.74, 6) is 0. The predicted octanol–water partition coefficient (Wildman–Crippen LogP) is 2.52. The van der Waals surface area contributed by atoms with Gasteiger partial charge in [0, 0.05) is 4.90 Å². The third-order valence-corrected chi connectivity index (χ3v) is 1.99. The van der Waals surface area contributed by atoms with Crippen LogP contribution in [0.15, 0.2) is 27.5 Å². The molecule has 2 rings (SSSR count). The smallest absolute Gasteiger partial charge is 0.394 e. The van der Waals surface area contributed by atoms with Crippen LogP contribution in [-0.2, 0) is 0 Å². The molecule has 0 atom stereocenters. The average Bonchev–Trinajstić information content (AvgIpc) is 2.49. The SMILES string of the molecule is CCOc1nc2cccc(S)c2o1. The van der Waals surface area contributed by atoms with E-state index in [9.17, 15) is 0 Å². The fraction of sp³-hybridized carbons (Fsp3) is 0.222. The molecule has 1 heterocycles. The van der Waals surface area contributed by atoms with E-state index in [1.807, 2.05) is 25.1 Å². The summed E-state index contributed by atoms with van der Waals surface area (Å²) in [6.45, 7) is 2.44. The van der Waals surface area contributed by atoms with Crippen LogP contribution in [-0.4, -0.2) is 11.6 Å². The number of fused-ring (bicyclic) bond motifs is 1. The Hall–Kier alpha value is -1.16. The number of benzene rings is 1. The van der Waals surface area contributed by atoms with Gasteiger partial charge < -0.3 is 9.15 Å². The van der Waals surface area contributed by atoms with Crippen molar-refractivity contribution in [2.45, 2.75) is 11.8 Å². The summed E-state index contributed by atoms with van der Waals surface area (Å²) in [6, 6.07) is 5.59. The highest BCUT2D eigenvalue weighted by Crippen LogP contribution is 2.25. The van der Waals surface area contributed by atoms with Crippen molar-refractivity contribution in [2.75, 3.05) is 6.61 Å². The molecule has 0 aliphatic rings. The Bertz CT molecular complexity index is 424. The third-order valence-electron chi connectivity index (χ3n) is 1.64. The monoisotopic (exact) mass is 195 g/mol. The second-order valence-corrected chi connectivity index (χ2v) is 3.02. The topological polar surface area (TPSA) is 35.3 Å². The highest BCUT2D eigenvalue weighted by molar-refractivity contribution is 7.80. The molecule has 0 bridgehead atoms. The molecule has 0 unspecified atom stereocenters. The third kappa shape index (κ3) is 1.49. The zero-order chi connectivity index (χ0) is 9.26. The van der Waals surface area contributed by atoms with Gasteiger partial charge in [0.15, 0.2) is 5.58 Å². The van der Waals surface area contributed by atoms with E-state index in [4.69, 9.17) is 9.15 Å². The second-order valence-electron chi connectivity index (χ2n) is 2.54. The molecule has 0 amide bonds. The molecule has 1 aromatic heterocycles. The Balaban J connectivity index is 2.55. The van der Waals surface area contributed by atoms with Crippen LogP contribution in [0.2, 0.25) is 0 Å². The first kappa shape index (κ1) is 8.44. The molecule has 0 aliphatic carbocycles. The number of oxazole rings is 1. The van der Waals surface area contributed by atoms with Gasteiger partial charge in [-0.25, -0.2) is 0 Å². The van der Waals surface area contributed by atoms with E-state index >= 15 is 0 Å². The van der Waals surface area contributed by atoms with Crippen LogP contribution in [0.5, 0.6) is 6.08 Å². The van der Waals surface area contributed by atoms with Crippen molar-refractivity contribution >= 4 is 23.7 Å². The van der Waals surface area contributed by atoms with Gasteiger partial charge in [-0.2, -0.15) is 4.98 Å². The zero-order valence-corrected chi connectivity index (χ0v) is 8.04. The van der Waals surface area contributed by atoms with Crippen LogP contribution >= 0.6 is 12.6 Å². The summed E-state index contributed by atoms with van der Waals surface area (Å²) < 4.78 is 10.5. The minimum absolute atomic E-state index is 0.305. The van der Waals surface area contributed by atoms with Crippen LogP contribution < -0.4 is 4.74 Å². The molecular weight excluding hydrogens is 186 g/mol. The number of hydrogen-bond acceptors (Lipinski definition) is 4. The molecule has 0 saturated carbocycles. The Morgan fingerprint density at radius 2 is 2.38 bits per heavy atom. The standard InChI is InChI=1S/C9H9NO2S/c1-2-11-9-10-6-4-3-5-7(13)8(6)12-9/h3-5,13H,2H2,1H3. The van der Waals surface area contributed by atoms with E-state index in [0.717, 1.165) is 10.4 Å². The van der Waals surface area contributed by atoms with Gasteiger partial charge in [-0.05, 0) is 19.1 Å². The highest BCUT2D eigenvalue weighted by atomic mass is 32.1. The number of ether oxygens (including phenoxy) is 1. The minimum atomic E-state index is 0.305. The van der Waals surface area contributed by atoms with Crippen LogP contribution in [0.1, 0.15) is 6.92 Å². The van der Waals surface area contributed by atoms with Gasteiger partial charge >= 0.3 is 6.08 Å². The zero-order valence-electron chi connectivity index (χ0n) is 7.15. The molecule has 0 saturated heterocycles. The molecule has 0 radical (unpaired) electrons. The largest absolute Gasteiger partial charge is 0.450 e. The molecular formula is C9H9NO2S. The van der Waals surface area contributed by atoms with Gasteiger partial charge in [0.1, 0.15) is 5.52 Å². The van der Waals surface area contributed by atoms with E-state index in [2.05, 4.69) is 17.6 Å². The van der Waals surface area contributed by atoms with Gasteiger partial charge in [0.2, 0.25) is 0 Å². The van der Waals surface area contributed by atoms with Crippen LogP contribution in [0.25, 0.3) is 11.1 Å². The van der Waals surface area contributed by atoms with Crippen LogP contribution in [0, 0.1) is 0 Å². The fourth-order valence-corrected chi connectivity index (χ4v) is 1.35. The van der Waals surface area contributed by atoms with E-state index in [1.54, 1.807) is 0 Å². The van der Waals surface area contributed by atoms with Gasteiger partial charge in [-0.15, -0.1) is 12.6 Å². The Labute approximate surface area is 81.1 Å². The highest BCUT2D eigenvalue weighted by Gasteiger charge is 2.07. The van der Waals surface area contributed by atoms with E-state index < -0.39 is 0 Å². The summed E-state index contributed by atoms with van der Waals surface area (Å²) in [5.41, 5.74) is 1.45. The molecule has 1 aromatic carbocycles. The van der Waals surface area contributed by atoms with Gasteiger partial charge in [-0.1, -0.05) is 6.07 Å². The number of hydrogen-bond donors (Lipinski definition) is 1. The van der Waals surface area contributed by atoms with Crippen molar-refractivity contribution in [2.24, 2.45) is 0 Å². The van der Waals surface area contributed by atoms with Crippen LogP contribution in [0.3, 0.4) is 0 Å². The lowest BCUT2D eigenvalue weighted by molar-refractivity contribution is 0.251. The van der Waals surface area contributed by atoms with Crippen molar-refractivity contribution < 1.29 is 9.15 Å². The molecule has 0 N–H and O–H groups in total. The average molecular weight is 195 g/mol.